The lowest BCUT2D eigenvalue weighted by molar-refractivity contribution is 1.05. The molecule has 0 spiro atoms. The summed E-state index contributed by atoms with van der Waals surface area (Å²) in [6, 6.07) is 33.5. The third-order valence-corrected chi connectivity index (χ3v) is 10.8. The summed E-state index contributed by atoms with van der Waals surface area (Å²) in [5.41, 5.74) is 4.79. The van der Waals surface area contributed by atoms with Crippen molar-refractivity contribution >= 4 is 59.7 Å². The first-order valence-corrected chi connectivity index (χ1v) is 15.8. The van der Waals surface area contributed by atoms with Gasteiger partial charge in [-0.2, -0.15) is 15.0 Å². The van der Waals surface area contributed by atoms with Gasteiger partial charge in [-0.3, -0.25) is 0 Å². The normalized spacial score (nSPS) is 10.9. The predicted molar refractivity (Wildman–Crippen MR) is 173 cm³/mol. The minimum Gasteiger partial charge on any atom is -0.215 e. The van der Waals surface area contributed by atoms with Crippen LogP contribution in [0.1, 0.15) is 22.3 Å². The Morgan fingerprint density at radius 2 is 0.700 bits per heavy atom. The Hall–Kier alpha value is -3.11. The molecule has 0 aliphatic carbocycles. The molecule has 1 aromatic heterocycles. The van der Waals surface area contributed by atoms with Crippen LogP contribution < -0.4 is 7.42 Å². The average Bonchev–Trinajstić information content (AvgIpc) is 2.97. The maximum Gasteiger partial charge on any atom is 0.251 e. The lowest BCUT2D eigenvalue weighted by atomic mass is 10.2. The number of anilines is 2. The summed E-state index contributed by atoms with van der Waals surface area (Å²) in [4.78, 5) is 18.9. The molecular weight excluding hydrogens is 571 g/mol. The average molecular weight is 600 g/mol. The second-order valence-corrected chi connectivity index (χ2v) is 13.4. The van der Waals surface area contributed by atoms with E-state index in [0.717, 1.165) is 19.6 Å². The molecule has 5 aromatic rings. The fourth-order valence-corrected chi connectivity index (χ4v) is 7.71. The lowest BCUT2D eigenvalue weighted by Gasteiger charge is -2.24. The number of aryl methyl sites for hydroxylation is 4. The van der Waals surface area contributed by atoms with Crippen LogP contribution in [-0.2, 0) is 0 Å². The van der Waals surface area contributed by atoms with Crippen LogP contribution in [-0.4, -0.2) is 15.0 Å². The van der Waals surface area contributed by atoms with Gasteiger partial charge in [-0.1, -0.05) is 72.8 Å². The quantitative estimate of drug-likeness (QED) is 0.146. The highest BCUT2D eigenvalue weighted by atomic mass is 32.2. The molecule has 0 aliphatic heterocycles. The van der Waals surface area contributed by atoms with E-state index in [1.165, 1.54) is 22.3 Å². The lowest BCUT2D eigenvalue weighted by Crippen LogP contribution is -2.14. The van der Waals surface area contributed by atoms with Crippen molar-refractivity contribution in [2.75, 3.05) is 7.42 Å². The molecule has 0 N–H and O–H groups in total. The number of benzene rings is 4. The van der Waals surface area contributed by atoms with Gasteiger partial charge in [0, 0.05) is 67.4 Å². The highest BCUT2D eigenvalue weighted by molar-refractivity contribution is 8.18. The van der Waals surface area contributed by atoms with E-state index in [0.29, 0.717) is 11.9 Å². The summed E-state index contributed by atoms with van der Waals surface area (Å²) in [5, 5.41) is 0. The minimum atomic E-state index is 0.576. The zero-order valence-electron chi connectivity index (χ0n) is 22.7. The van der Waals surface area contributed by atoms with Gasteiger partial charge in [0.2, 0.25) is 0 Å². The molecule has 1 heterocycles. The van der Waals surface area contributed by atoms with Crippen LogP contribution in [0.5, 0.6) is 0 Å². The minimum absolute atomic E-state index is 0.576. The number of rotatable bonds is 10. The van der Waals surface area contributed by atoms with Crippen LogP contribution in [0, 0.1) is 27.7 Å². The first-order valence-electron chi connectivity index (χ1n) is 12.7. The van der Waals surface area contributed by atoms with E-state index in [1.807, 2.05) is 0 Å². The van der Waals surface area contributed by atoms with Crippen LogP contribution in [0.3, 0.4) is 0 Å². The molecule has 0 radical (unpaired) electrons. The second kappa shape index (κ2) is 13.5. The van der Waals surface area contributed by atoms with Crippen molar-refractivity contribution in [2.24, 2.45) is 0 Å². The second-order valence-electron chi connectivity index (χ2n) is 9.03. The Labute approximate surface area is 253 Å². The number of aromatic nitrogens is 3. The van der Waals surface area contributed by atoms with Crippen molar-refractivity contribution in [3.05, 3.63) is 126 Å². The van der Waals surface area contributed by atoms with Crippen LogP contribution in [0.25, 0.3) is 0 Å². The summed E-state index contributed by atoms with van der Waals surface area (Å²) < 4.78 is 4.15. The van der Waals surface area contributed by atoms with Crippen molar-refractivity contribution in [1.82, 2.24) is 15.0 Å². The Morgan fingerprint density at radius 3 is 0.975 bits per heavy atom. The molecule has 4 aromatic carbocycles. The van der Waals surface area contributed by atoms with E-state index >= 15 is 0 Å². The molecule has 0 fully saturated rings. The molecule has 0 amide bonds. The van der Waals surface area contributed by atoms with E-state index in [2.05, 4.69) is 142 Å². The van der Waals surface area contributed by atoms with E-state index in [1.54, 1.807) is 54.1 Å². The molecule has 40 heavy (non-hydrogen) atoms. The topological polar surface area (TPSA) is 45.2 Å². The Bertz CT molecular complexity index is 1390. The van der Waals surface area contributed by atoms with Crippen LogP contribution in [0.15, 0.2) is 123 Å². The molecule has 0 saturated heterocycles. The van der Waals surface area contributed by atoms with Gasteiger partial charge >= 0.3 is 0 Å². The molecule has 0 bridgehead atoms. The molecule has 5 nitrogen and oxygen atoms in total. The predicted octanol–water partition coefficient (Wildman–Crippen LogP) is 9.55. The number of hydrogen-bond acceptors (Lipinski definition) is 9. The van der Waals surface area contributed by atoms with Crippen molar-refractivity contribution in [3.63, 3.8) is 0 Å². The summed E-state index contributed by atoms with van der Waals surface area (Å²) in [6.45, 7) is 8.49. The van der Waals surface area contributed by atoms with Crippen molar-refractivity contribution < 1.29 is 0 Å². The summed E-state index contributed by atoms with van der Waals surface area (Å²) >= 11 is 6.47. The van der Waals surface area contributed by atoms with Gasteiger partial charge in [-0.15, -0.1) is 0 Å². The van der Waals surface area contributed by atoms with Gasteiger partial charge in [-0.05, 0) is 74.2 Å². The van der Waals surface area contributed by atoms with Crippen molar-refractivity contribution in [1.29, 1.82) is 0 Å². The number of nitrogens with zero attached hydrogens (tertiary/aromatic N) is 5. The highest BCUT2D eigenvalue weighted by Gasteiger charge is 2.21. The molecule has 9 heteroatoms. The largest absolute Gasteiger partial charge is 0.251 e. The highest BCUT2D eigenvalue weighted by Crippen LogP contribution is 2.42. The zero-order valence-corrected chi connectivity index (χ0v) is 26.0. The third-order valence-electron chi connectivity index (χ3n) is 5.97. The zero-order chi connectivity index (χ0) is 27.9. The monoisotopic (exact) mass is 599 g/mol. The van der Waals surface area contributed by atoms with Crippen LogP contribution >= 0.6 is 47.8 Å². The SMILES string of the molecule is Cc1ccccc1SN(Sc1ccccc1C)c1ncnc(N(Sc2ccccc2C)Sc2ccccc2C)n1. The molecule has 202 valence electrons. The van der Waals surface area contributed by atoms with Gasteiger partial charge < -0.3 is 0 Å². The van der Waals surface area contributed by atoms with E-state index < -0.39 is 0 Å². The van der Waals surface area contributed by atoms with E-state index in [9.17, 15) is 0 Å². The first-order chi connectivity index (χ1) is 19.5. The molecular formula is C31H29N5S4. The summed E-state index contributed by atoms with van der Waals surface area (Å²) in [6.07, 6.45) is 1.60. The van der Waals surface area contributed by atoms with Crippen LogP contribution in [0.4, 0.5) is 11.9 Å². The van der Waals surface area contributed by atoms with E-state index in [-0.39, 0.29) is 0 Å². The Morgan fingerprint density at radius 1 is 0.425 bits per heavy atom. The van der Waals surface area contributed by atoms with Crippen LogP contribution in [0.2, 0.25) is 0 Å². The van der Waals surface area contributed by atoms with Crippen molar-refractivity contribution in [3.8, 4) is 0 Å². The smallest absolute Gasteiger partial charge is 0.215 e. The maximum atomic E-state index is 5.02. The Kier molecular flexibility index (Phi) is 9.59. The Balaban J connectivity index is 1.53. The number of hydrogen-bond donors (Lipinski definition) is 0. The summed E-state index contributed by atoms with van der Waals surface area (Å²) in [7, 11) is 0. The maximum absolute atomic E-state index is 5.02. The molecule has 0 unspecified atom stereocenters. The third kappa shape index (κ3) is 7.14. The fraction of sp³-hybridized carbons (Fsp3) is 0.129. The van der Waals surface area contributed by atoms with Gasteiger partial charge in [0.15, 0.2) is 0 Å². The van der Waals surface area contributed by atoms with Crippen molar-refractivity contribution in [2.45, 2.75) is 47.3 Å². The van der Waals surface area contributed by atoms with Gasteiger partial charge in [-0.25, -0.2) is 7.42 Å². The first kappa shape index (κ1) is 28.4. The molecule has 5 rings (SSSR count). The molecule has 0 atom stereocenters. The summed E-state index contributed by atoms with van der Waals surface area (Å²) in [5.74, 6) is 1.15. The standard InChI is InChI=1S/C31H29N5S4/c1-22-13-5-9-17-26(22)37-35(38-27-18-10-6-14-23(27)2)30-32-21-33-31(34-30)36(39-28-19-11-7-15-24(28)3)40-29-20-12-8-16-25(29)4/h5-21H,1-4H3. The fourth-order valence-electron chi connectivity index (χ4n) is 3.65. The molecule has 0 aliphatic rings. The van der Waals surface area contributed by atoms with E-state index in [4.69, 9.17) is 4.98 Å². The van der Waals surface area contributed by atoms with Gasteiger partial charge in [0.1, 0.15) is 6.33 Å². The van der Waals surface area contributed by atoms with Gasteiger partial charge in [0.05, 0.1) is 0 Å². The molecule has 0 saturated carbocycles. The van der Waals surface area contributed by atoms with Gasteiger partial charge in [0.25, 0.3) is 11.9 Å².